The Kier molecular flexibility index (Phi) is 3.75. The number of hydrogen-bond acceptors (Lipinski definition) is 2. The summed E-state index contributed by atoms with van der Waals surface area (Å²) in [6, 6.07) is 9.92. The summed E-state index contributed by atoms with van der Waals surface area (Å²) < 4.78 is 0. The molecule has 0 aliphatic heterocycles. The Bertz CT molecular complexity index is 484. The van der Waals surface area contributed by atoms with Gasteiger partial charge in [-0.25, -0.2) is 4.98 Å². The fraction of sp³-hybridized carbons (Fsp3) is 0.308. The lowest BCUT2D eigenvalue weighted by Crippen LogP contribution is -1.92. The third-order valence-corrected chi connectivity index (χ3v) is 2.82. The SMILES string of the molecule is OCCCCc1cc(Cl)nc2ccccc12. The summed E-state index contributed by atoms with van der Waals surface area (Å²) in [7, 11) is 0. The first-order valence-corrected chi connectivity index (χ1v) is 5.84. The lowest BCUT2D eigenvalue weighted by molar-refractivity contribution is 0.284. The number of hydrogen-bond donors (Lipinski definition) is 1. The molecule has 0 saturated carbocycles. The van der Waals surface area contributed by atoms with E-state index >= 15 is 0 Å². The Labute approximate surface area is 99.9 Å². The van der Waals surface area contributed by atoms with Gasteiger partial charge < -0.3 is 5.11 Å². The van der Waals surface area contributed by atoms with Crippen LogP contribution >= 0.6 is 11.6 Å². The minimum atomic E-state index is 0.247. The Morgan fingerprint density at radius 3 is 2.81 bits per heavy atom. The van der Waals surface area contributed by atoms with Crippen molar-refractivity contribution in [3.8, 4) is 0 Å². The normalized spacial score (nSPS) is 10.9. The van der Waals surface area contributed by atoms with Crippen molar-refractivity contribution in [1.29, 1.82) is 0 Å². The van der Waals surface area contributed by atoms with E-state index in [1.54, 1.807) is 0 Å². The van der Waals surface area contributed by atoms with E-state index in [1.807, 2.05) is 24.3 Å². The van der Waals surface area contributed by atoms with Crippen molar-refractivity contribution in [2.45, 2.75) is 19.3 Å². The average molecular weight is 236 g/mol. The predicted octanol–water partition coefficient (Wildman–Crippen LogP) is 3.20. The van der Waals surface area contributed by atoms with Gasteiger partial charge in [-0.3, -0.25) is 0 Å². The van der Waals surface area contributed by atoms with Crippen LogP contribution in [0.25, 0.3) is 10.9 Å². The van der Waals surface area contributed by atoms with Crippen molar-refractivity contribution in [2.75, 3.05) is 6.61 Å². The number of aliphatic hydroxyl groups excluding tert-OH is 1. The van der Waals surface area contributed by atoms with Gasteiger partial charge in [-0.1, -0.05) is 29.8 Å². The molecule has 3 heteroatoms. The Hall–Kier alpha value is -1.12. The van der Waals surface area contributed by atoms with Gasteiger partial charge in [0.05, 0.1) is 5.52 Å². The second kappa shape index (κ2) is 5.28. The maximum absolute atomic E-state index is 8.77. The highest BCUT2D eigenvalue weighted by molar-refractivity contribution is 6.29. The van der Waals surface area contributed by atoms with Crippen LogP contribution in [0, 0.1) is 0 Å². The molecule has 0 aliphatic carbocycles. The average Bonchev–Trinajstić information content (AvgIpc) is 2.29. The van der Waals surface area contributed by atoms with Crippen molar-refractivity contribution in [1.82, 2.24) is 4.98 Å². The quantitative estimate of drug-likeness (QED) is 0.652. The summed E-state index contributed by atoms with van der Waals surface area (Å²) in [5.41, 5.74) is 2.15. The van der Waals surface area contributed by atoms with Gasteiger partial charge in [0.25, 0.3) is 0 Å². The van der Waals surface area contributed by atoms with Gasteiger partial charge in [-0.2, -0.15) is 0 Å². The van der Waals surface area contributed by atoms with Crippen molar-refractivity contribution < 1.29 is 5.11 Å². The largest absolute Gasteiger partial charge is 0.396 e. The van der Waals surface area contributed by atoms with Crippen molar-refractivity contribution >= 4 is 22.5 Å². The molecular weight excluding hydrogens is 222 g/mol. The first-order valence-electron chi connectivity index (χ1n) is 5.46. The monoisotopic (exact) mass is 235 g/mol. The number of fused-ring (bicyclic) bond motifs is 1. The summed E-state index contributed by atoms with van der Waals surface area (Å²) in [5.74, 6) is 0. The van der Waals surface area contributed by atoms with E-state index in [0.717, 1.165) is 30.2 Å². The summed E-state index contributed by atoms with van der Waals surface area (Å²) in [5, 5.41) is 10.5. The topological polar surface area (TPSA) is 33.1 Å². The fourth-order valence-corrected chi connectivity index (χ4v) is 2.07. The third-order valence-electron chi connectivity index (χ3n) is 2.62. The number of unbranched alkanes of at least 4 members (excludes halogenated alkanes) is 1. The van der Waals surface area contributed by atoms with Crippen molar-refractivity contribution in [3.05, 3.63) is 41.0 Å². The highest BCUT2D eigenvalue weighted by atomic mass is 35.5. The summed E-state index contributed by atoms with van der Waals surface area (Å²) >= 11 is 5.98. The predicted molar refractivity (Wildman–Crippen MR) is 66.8 cm³/mol. The first kappa shape index (κ1) is 11.4. The van der Waals surface area contributed by atoms with E-state index in [1.165, 1.54) is 5.56 Å². The highest BCUT2D eigenvalue weighted by Crippen LogP contribution is 2.22. The van der Waals surface area contributed by atoms with Gasteiger partial charge in [-0.05, 0) is 37.0 Å². The van der Waals surface area contributed by atoms with Gasteiger partial charge in [0, 0.05) is 12.0 Å². The van der Waals surface area contributed by atoms with Crippen LogP contribution in [0.1, 0.15) is 18.4 Å². The number of nitrogens with zero attached hydrogens (tertiary/aromatic N) is 1. The smallest absolute Gasteiger partial charge is 0.130 e. The number of benzene rings is 1. The van der Waals surface area contributed by atoms with E-state index < -0.39 is 0 Å². The van der Waals surface area contributed by atoms with Gasteiger partial charge in [-0.15, -0.1) is 0 Å². The van der Waals surface area contributed by atoms with Gasteiger partial charge in [0.15, 0.2) is 0 Å². The number of halogens is 1. The van der Waals surface area contributed by atoms with E-state index in [-0.39, 0.29) is 6.61 Å². The minimum absolute atomic E-state index is 0.247. The summed E-state index contributed by atoms with van der Waals surface area (Å²) in [4.78, 5) is 4.28. The van der Waals surface area contributed by atoms with Crippen LogP contribution in [-0.4, -0.2) is 16.7 Å². The van der Waals surface area contributed by atoms with E-state index in [4.69, 9.17) is 16.7 Å². The van der Waals surface area contributed by atoms with Crippen molar-refractivity contribution in [3.63, 3.8) is 0 Å². The van der Waals surface area contributed by atoms with E-state index in [9.17, 15) is 0 Å². The standard InChI is InChI=1S/C13H14ClNO/c14-13-9-10(5-3-4-8-16)11-6-1-2-7-12(11)15-13/h1-2,6-7,9,16H,3-5,8H2. The number of aromatic nitrogens is 1. The number of aliphatic hydroxyl groups is 1. The van der Waals surface area contributed by atoms with Crippen LogP contribution < -0.4 is 0 Å². The second-order valence-corrected chi connectivity index (χ2v) is 4.19. The van der Waals surface area contributed by atoms with Crippen LogP contribution in [0.15, 0.2) is 30.3 Å². The molecule has 0 aliphatic rings. The number of aryl methyl sites for hydroxylation is 1. The lowest BCUT2D eigenvalue weighted by Gasteiger charge is -2.06. The molecule has 2 rings (SSSR count). The van der Waals surface area contributed by atoms with Gasteiger partial charge >= 0.3 is 0 Å². The molecule has 2 nitrogen and oxygen atoms in total. The van der Waals surface area contributed by atoms with Gasteiger partial charge in [0.1, 0.15) is 5.15 Å². The summed E-state index contributed by atoms with van der Waals surface area (Å²) in [6.07, 6.45) is 2.73. The Morgan fingerprint density at radius 2 is 2.00 bits per heavy atom. The maximum Gasteiger partial charge on any atom is 0.130 e. The van der Waals surface area contributed by atoms with Crippen LogP contribution in [0.2, 0.25) is 5.15 Å². The molecule has 84 valence electrons. The Morgan fingerprint density at radius 1 is 1.19 bits per heavy atom. The maximum atomic E-state index is 8.77. The van der Waals surface area contributed by atoms with Crippen LogP contribution in [-0.2, 0) is 6.42 Å². The van der Waals surface area contributed by atoms with Crippen LogP contribution in [0.3, 0.4) is 0 Å². The molecule has 0 radical (unpaired) electrons. The van der Waals surface area contributed by atoms with Crippen LogP contribution in [0.5, 0.6) is 0 Å². The molecule has 1 aromatic carbocycles. The molecule has 0 spiro atoms. The molecule has 0 fully saturated rings. The lowest BCUT2D eigenvalue weighted by atomic mass is 10.0. The summed E-state index contributed by atoms with van der Waals surface area (Å²) in [6.45, 7) is 0.247. The number of para-hydroxylation sites is 1. The number of rotatable bonds is 4. The fourth-order valence-electron chi connectivity index (χ4n) is 1.85. The molecule has 0 atom stereocenters. The van der Waals surface area contributed by atoms with E-state index in [2.05, 4.69) is 11.1 Å². The zero-order valence-corrected chi connectivity index (χ0v) is 9.74. The van der Waals surface area contributed by atoms with E-state index in [0.29, 0.717) is 5.15 Å². The number of pyridine rings is 1. The highest BCUT2D eigenvalue weighted by Gasteiger charge is 2.03. The Balaban J connectivity index is 2.34. The molecule has 16 heavy (non-hydrogen) atoms. The first-order chi connectivity index (χ1) is 7.81. The molecule has 0 bridgehead atoms. The molecule has 0 amide bonds. The molecule has 0 saturated heterocycles. The zero-order chi connectivity index (χ0) is 11.4. The minimum Gasteiger partial charge on any atom is -0.396 e. The molecule has 1 N–H and O–H groups in total. The third kappa shape index (κ3) is 2.52. The molecule has 1 aromatic heterocycles. The van der Waals surface area contributed by atoms with Gasteiger partial charge in [0.2, 0.25) is 0 Å². The molecule has 0 unspecified atom stereocenters. The van der Waals surface area contributed by atoms with Crippen molar-refractivity contribution in [2.24, 2.45) is 0 Å². The second-order valence-electron chi connectivity index (χ2n) is 3.80. The zero-order valence-electron chi connectivity index (χ0n) is 8.99. The molecule has 1 heterocycles. The molecular formula is C13H14ClNO. The van der Waals surface area contributed by atoms with Crippen LogP contribution in [0.4, 0.5) is 0 Å². The molecule has 2 aromatic rings.